The Bertz CT molecular complexity index is 643. The summed E-state index contributed by atoms with van der Waals surface area (Å²) in [5.74, 6) is 1.54. The summed E-state index contributed by atoms with van der Waals surface area (Å²) in [6.07, 6.45) is 0.915. The molecule has 1 amide bonds. The lowest BCUT2D eigenvalue weighted by atomic mass is 10.1. The summed E-state index contributed by atoms with van der Waals surface area (Å²) in [6, 6.07) is 16.0. The molecular formula is C19H23NO2S. The third-order valence-corrected chi connectivity index (χ3v) is 4.73. The first-order valence-corrected chi connectivity index (χ1v) is 8.78. The fourth-order valence-electron chi connectivity index (χ4n) is 2.12. The van der Waals surface area contributed by atoms with Gasteiger partial charge in [-0.05, 0) is 43.7 Å². The van der Waals surface area contributed by atoms with Gasteiger partial charge in [0.1, 0.15) is 5.75 Å². The van der Waals surface area contributed by atoms with E-state index in [2.05, 4.69) is 24.4 Å². The predicted molar refractivity (Wildman–Crippen MR) is 96.2 cm³/mol. The van der Waals surface area contributed by atoms with Gasteiger partial charge in [0.05, 0.1) is 7.11 Å². The van der Waals surface area contributed by atoms with Gasteiger partial charge in [0.25, 0.3) is 5.91 Å². The second-order valence-corrected chi connectivity index (χ2v) is 6.46. The molecule has 0 aliphatic rings. The van der Waals surface area contributed by atoms with Gasteiger partial charge in [0.2, 0.25) is 0 Å². The minimum absolute atomic E-state index is 0.0343. The topological polar surface area (TPSA) is 38.3 Å². The van der Waals surface area contributed by atoms with Crippen LogP contribution >= 0.6 is 11.8 Å². The van der Waals surface area contributed by atoms with Crippen molar-refractivity contribution in [3.63, 3.8) is 0 Å². The molecule has 23 heavy (non-hydrogen) atoms. The molecule has 0 heterocycles. The Hall–Kier alpha value is -1.94. The molecule has 0 unspecified atom stereocenters. The average molecular weight is 329 g/mol. The lowest BCUT2D eigenvalue weighted by Gasteiger charge is -2.14. The van der Waals surface area contributed by atoms with Crippen LogP contribution in [0.4, 0.5) is 0 Å². The number of methoxy groups -OCH3 is 1. The third kappa shape index (κ3) is 5.03. The molecule has 2 rings (SSSR count). The molecule has 0 aliphatic heterocycles. The zero-order valence-electron chi connectivity index (χ0n) is 13.8. The average Bonchev–Trinajstić information content (AvgIpc) is 2.60. The summed E-state index contributed by atoms with van der Waals surface area (Å²) in [7, 11) is 1.66. The number of carbonyl (C=O) groups excluding carboxylic acids is 1. The molecule has 4 heteroatoms. The number of rotatable bonds is 7. The Morgan fingerprint density at radius 3 is 2.61 bits per heavy atom. The van der Waals surface area contributed by atoms with Crippen molar-refractivity contribution in [2.24, 2.45) is 0 Å². The van der Waals surface area contributed by atoms with E-state index in [1.807, 2.05) is 43.3 Å². The van der Waals surface area contributed by atoms with Crippen LogP contribution < -0.4 is 10.1 Å². The first kappa shape index (κ1) is 17.4. The Morgan fingerprint density at radius 2 is 1.96 bits per heavy atom. The Morgan fingerprint density at radius 1 is 1.22 bits per heavy atom. The SMILES string of the molecule is CC[C@H](C)NC(=O)c1ccc(OC)c(CSc2ccccc2)c1. The summed E-state index contributed by atoms with van der Waals surface area (Å²) in [5, 5.41) is 3.00. The number of hydrogen-bond acceptors (Lipinski definition) is 3. The van der Waals surface area contributed by atoms with E-state index in [4.69, 9.17) is 4.74 Å². The van der Waals surface area contributed by atoms with E-state index >= 15 is 0 Å². The monoisotopic (exact) mass is 329 g/mol. The molecule has 122 valence electrons. The molecule has 0 radical (unpaired) electrons. The van der Waals surface area contributed by atoms with Gasteiger partial charge in [0, 0.05) is 27.8 Å². The zero-order valence-corrected chi connectivity index (χ0v) is 14.7. The van der Waals surface area contributed by atoms with Crippen LogP contribution in [0.3, 0.4) is 0 Å². The van der Waals surface area contributed by atoms with Crippen molar-refractivity contribution in [2.75, 3.05) is 7.11 Å². The summed E-state index contributed by atoms with van der Waals surface area (Å²) in [6.45, 7) is 4.06. The first-order valence-electron chi connectivity index (χ1n) is 7.79. The smallest absolute Gasteiger partial charge is 0.251 e. The molecule has 0 spiro atoms. The number of nitrogens with one attached hydrogen (secondary N) is 1. The van der Waals surface area contributed by atoms with Crippen molar-refractivity contribution >= 4 is 17.7 Å². The maximum Gasteiger partial charge on any atom is 0.251 e. The Kier molecular flexibility index (Phi) is 6.53. The Balaban J connectivity index is 2.13. The minimum Gasteiger partial charge on any atom is -0.496 e. The van der Waals surface area contributed by atoms with E-state index in [1.54, 1.807) is 18.9 Å². The molecule has 1 N–H and O–H groups in total. The highest BCUT2D eigenvalue weighted by molar-refractivity contribution is 7.98. The molecule has 3 nitrogen and oxygen atoms in total. The van der Waals surface area contributed by atoms with Gasteiger partial charge >= 0.3 is 0 Å². The van der Waals surface area contributed by atoms with Crippen molar-refractivity contribution in [1.82, 2.24) is 5.32 Å². The van der Waals surface area contributed by atoms with Crippen LogP contribution in [0, 0.1) is 0 Å². The van der Waals surface area contributed by atoms with Crippen LogP contribution in [-0.4, -0.2) is 19.1 Å². The number of hydrogen-bond donors (Lipinski definition) is 1. The van der Waals surface area contributed by atoms with Crippen LogP contribution in [0.5, 0.6) is 5.75 Å². The highest BCUT2D eigenvalue weighted by Gasteiger charge is 2.12. The molecule has 0 fully saturated rings. The normalized spacial score (nSPS) is 11.8. The van der Waals surface area contributed by atoms with Gasteiger partial charge < -0.3 is 10.1 Å². The predicted octanol–water partition coefficient (Wildman–Crippen LogP) is 4.52. The molecule has 0 aliphatic carbocycles. The first-order chi connectivity index (χ1) is 11.1. The van der Waals surface area contributed by atoms with E-state index in [-0.39, 0.29) is 11.9 Å². The maximum absolute atomic E-state index is 12.3. The van der Waals surface area contributed by atoms with Crippen molar-refractivity contribution < 1.29 is 9.53 Å². The molecule has 0 saturated heterocycles. The molecule has 1 atom stereocenters. The highest BCUT2D eigenvalue weighted by Crippen LogP contribution is 2.28. The second kappa shape index (κ2) is 8.63. The fraction of sp³-hybridized carbons (Fsp3) is 0.316. The molecular weight excluding hydrogens is 306 g/mol. The Labute approximate surface area is 142 Å². The lowest BCUT2D eigenvalue weighted by molar-refractivity contribution is 0.0939. The van der Waals surface area contributed by atoms with Gasteiger partial charge in [-0.15, -0.1) is 11.8 Å². The van der Waals surface area contributed by atoms with Gasteiger partial charge in [-0.2, -0.15) is 0 Å². The summed E-state index contributed by atoms with van der Waals surface area (Å²) in [5.41, 5.74) is 1.70. The van der Waals surface area contributed by atoms with E-state index in [0.717, 1.165) is 23.5 Å². The number of benzene rings is 2. The van der Waals surface area contributed by atoms with Gasteiger partial charge in [-0.25, -0.2) is 0 Å². The lowest BCUT2D eigenvalue weighted by Crippen LogP contribution is -2.31. The van der Waals surface area contributed by atoms with Gasteiger partial charge in [0.15, 0.2) is 0 Å². The quantitative estimate of drug-likeness (QED) is 0.759. The number of carbonyl (C=O) groups is 1. The number of thioether (sulfide) groups is 1. The number of amides is 1. The van der Waals surface area contributed by atoms with E-state index in [0.29, 0.717) is 5.56 Å². The van der Waals surface area contributed by atoms with Crippen molar-refractivity contribution in [3.8, 4) is 5.75 Å². The summed E-state index contributed by atoms with van der Waals surface area (Å²) < 4.78 is 5.43. The molecule has 0 saturated carbocycles. The summed E-state index contributed by atoms with van der Waals surface area (Å²) in [4.78, 5) is 13.5. The van der Waals surface area contributed by atoms with Crippen LogP contribution in [0.1, 0.15) is 36.2 Å². The third-order valence-electron chi connectivity index (χ3n) is 3.67. The summed E-state index contributed by atoms with van der Waals surface area (Å²) >= 11 is 1.73. The highest BCUT2D eigenvalue weighted by atomic mass is 32.2. The van der Waals surface area contributed by atoms with E-state index in [9.17, 15) is 4.79 Å². The molecule has 0 aromatic heterocycles. The van der Waals surface area contributed by atoms with E-state index in [1.165, 1.54) is 4.90 Å². The van der Waals surface area contributed by atoms with Crippen LogP contribution in [0.2, 0.25) is 0 Å². The van der Waals surface area contributed by atoms with Crippen molar-refractivity contribution in [3.05, 3.63) is 59.7 Å². The maximum atomic E-state index is 12.3. The molecule has 0 bridgehead atoms. The number of ether oxygens (including phenoxy) is 1. The van der Waals surface area contributed by atoms with Gasteiger partial charge in [-0.3, -0.25) is 4.79 Å². The minimum atomic E-state index is -0.0343. The fourth-order valence-corrected chi connectivity index (χ4v) is 3.02. The largest absolute Gasteiger partial charge is 0.496 e. The standard InChI is InChI=1S/C19H23NO2S/c1-4-14(2)20-19(21)15-10-11-18(22-3)16(12-15)13-23-17-8-6-5-7-9-17/h5-12,14H,4,13H2,1-3H3,(H,20,21)/t14-/m0/s1. The van der Waals surface area contributed by atoms with Crippen LogP contribution in [-0.2, 0) is 5.75 Å². The molecule has 2 aromatic carbocycles. The van der Waals surface area contributed by atoms with E-state index < -0.39 is 0 Å². The van der Waals surface area contributed by atoms with Crippen LogP contribution in [0.15, 0.2) is 53.4 Å². The molecule has 2 aromatic rings. The van der Waals surface area contributed by atoms with Crippen LogP contribution in [0.25, 0.3) is 0 Å². The van der Waals surface area contributed by atoms with Gasteiger partial charge in [-0.1, -0.05) is 25.1 Å². The zero-order chi connectivity index (χ0) is 16.7. The van der Waals surface area contributed by atoms with Crippen molar-refractivity contribution in [1.29, 1.82) is 0 Å². The second-order valence-electron chi connectivity index (χ2n) is 5.41. The van der Waals surface area contributed by atoms with Crippen molar-refractivity contribution in [2.45, 2.75) is 37.0 Å².